The number of carbonyl (C=O) groups is 1. The van der Waals surface area contributed by atoms with Crippen LogP contribution in [0.1, 0.15) is 43.7 Å². The van der Waals surface area contributed by atoms with Crippen molar-refractivity contribution in [2.45, 2.75) is 55.2 Å². The van der Waals surface area contributed by atoms with Crippen LogP contribution in [0, 0.1) is 5.41 Å². The number of hydrogen-bond donors (Lipinski definition) is 2. The Hall–Kier alpha value is -3.27. The van der Waals surface area contributed by atoms with E-state index in [2.05, 4.69) is 17.4 Å². The molecule has 1 saturated carbocycles. The number of carbonyl (C=O) groups excluding carboxylic acids is 1. The topological polar surface area (TPSA) is 94.9 Å². The van der Waals surface area contributed by atoms with Crippen molar-refractivity contribution in [1.82, 2.24) is 19.7 Å². The third kappa shape index (κ3) is 5.34. The van der Waals surface area contributed by atoms with Crippen molar-refractivity contribution in [3.05, 3.63) is 88.8 Å². The summed E-state index contributed by atoms with van der Waals surface area (Å²) in [6, 6.07) is 21.2. The SMILES string of the molecule is CS(=O)c1cn(CC2(O)CCN(C(=O)N3CCNCC3c3ccccc3)CC23CCCC3)c(=O)cc1-c1ccccc1. The highest BCUT2D eigenvalue weighted by Crippen LogP contribution is 2.52. The average molecular weight is 589 g/mol. The molecule has 3 aliphatic rings. The highest BCUT2D eigenvalue weighted by molar-refractivity contribution is 7.84. The van der Waals surface area contributed by atoms with Gasteiger partial charge in [-0.2, -0.15) is 0 Å². The standard InChI is InChI=1S/C33H40N4O4S/c1-42(41)29-22-36(30(38)20-27(29)25-10-4-2-5-11-25)24-33(40)16-18-35(23-32(33)14-8-9-15-32)31(39)37-19-17-34-21-28(37)26-12-6-3-7-13-26/h2-7,10-13,20,22,28,34,40H,8-9,14-19,21,23-24H2,1H3. The number of pyridine rings is 1. The molecule has 2 N–H and O–H groups in total. The molecule has 0 bridgehead atoms. The predicted molar refractivity (Wildman–Crippen MR) is 165 cm³/mol. The minimum atomic E-state index is -1.33. The largest absolute Gasteiger partial charge is 0.387 e. The summed E-state index contributed by atoms with van der Waals surface area (Å²) in [5.74, 6) is 0. The van der Waals surface area contributed by atoms with E-state index in [0.717, 1.165) is 43.4 Å². The van der Waals surface area contributed by atoms with Gasteiger partial charge in [-0.15, -0.1) is 0 Å². The van der Waals surface area contributed by atoms with Crippen LogP contribution in [0.3, 0.4) is 0 Å². The van der Waals surface area contributed by atoms with Crippen LogP contribution in [0.2, 0.25) is 0 Å². The van der Waals surface area contributed by atoms with Crippen LogP contribution in [-0.2, 0) is 17.3 Å². The lowest BCUT2D eigenvalue weighted by Gasteiger charge is -2.53. The van der Waals surface area contributed by atoms with E-state index in [-0.39, 0.29) is 24.2 Å². The number of piperazine rings is 1. The predicted octanol–water partition coefficient (Wildman–Crippen LogP) is 4.02. The number of urea groups is 1. The van der Waals surface area contributed by atoms with Crippen molar-refractivity contribution in [2.75, 3.05) is 39.0 Å². The molecule has 222 valence electrons. The number of benzene rings is 2. The van der Waals surface area contributed by atoms with Crippen LogP contribution >= 0.6 is 0 Å². The minimum Gasteiger partial charge on any atom is -0.387 e. The summed E-state index contributed by atoms with van der Waals surface area (Å²) in [4.78, 5) is 32.0. The molecule has 2 aromatic carbocycles. The number of aliphatic hydroxyl groups is 1. The first-order valence-corrected chi connectivity index (χ1v) is 16.5. The lowest BCUT2D eigenvalue weighted by Crippen LogP contribution is -2.64. The van der Waals surface area contributed by atoms with E-state index in [1.165, 1.54) is 0 Å². The summed E-state index contributed by atoms with van der Waals surface area (Å²) in [6.07, 6.45) is 7.25. The van der Waals surface area contributed by atoms with Crippen molar-refractivity contribution < 1.29 is 14.1 Å². The maximum absolute atomic E-state index is 14.0. The van der Waals surface area contributed by atoms with Gasteiger partial charge < -0.3 is 24.8 Å². The highest BCUT2D eigenvalue weighted by atomic mass is 32.2. The fourth-order valence-electron chi connectivity index (χ4n) is 7.38. The molecule has 2 aliphatic heterocycles. The quantitative estimate of drug-likeness (QED) is 0.470. The second-order valence-electron chi connectivity index (χ2n) is 12.1. The Labute approximate surface area is 249 Å². The van der Waals surface area contributed by atoms with Gasteiger partial charge in [0.05, 0.1) is 33.9 Å². The molecule has 3 unspecified atom stereocenters. The number of nitrogens with one attached hydrogen (secondary N) is 1. The molecule has 1 aromatic heterocycles. The first-order chi connectivity index (χ1) is 20.3. The summed E-state index contributed by atoms with van der Waals surface area (Å²) in [6.45, 7) is 3.10. The van der Waals surface area contributed by atoms with E-state index in [1.54, 1.807) is 23.1 Å². The van der Waals surface area contributed by atoms with Gasteiger partial charge in [0, 0.05) is 62.2 Å². The Morgan fingerprint density at radius 1 is 1.02 bits per heavy atom. The van der Waals surface area contributed by atoms with E-state index in [1.807, 2.05) is 58.3 Å². The summed E-state index contributed by atoms with van der Waals surface area (Å²) < 4.78 is 14.3. The number of rotatable bonds is 5. The van der Waals surface area contributed by atoms with Gasteiger partial charge >= 0.3 is 6.03 Å². The van der Waals surface area contributed by atoms with E-state index in [0.29, 0.717) is 43.1 Å². The van der Waals surface area contributed by atoms with Crippen LogP contribution < -0.4 is 10.9 Å². The fraction of sp³-hybridized carbons (Fsp3) is 0.455. The number of hydrogen-bond acceptors (Lipinski definition) is 5. The Morgan fingerprint density at radius 3 is 2.40 bits per heavy atom. The van der Waals surface area contributed by atoms with Crippen LogP contribution in [0.5, 0.6) is 0 Å². The maximum Gasteiger partial charge on any atom is 0.320 e. The molecule has 3 aromatic rings. The zero-order valence-corrected chi connectivity index (χ0v) is 25.0. The third-order valence-electron chi connectivity index (χ3n) is 9.70. The van der Waals surface area contributed by atoms with Gasteiger partial charge in [0.1, 0.15) is 0 Å². The van der Waals surface area contributed by atoms with Crippen molar-refractivity contribution in [1.29, 1.82) is 0 Å². The highest BCUT2D eigenvalue weighted by Gasteiger charge is 2.56. The van der Waals surface area contributed by atoms with Crippen molar-refractivity contribution >= 4 is 16.8 Å². The van der Waals surface area contributed by atoms with Gasteiger partial charge in [-0.05, 0) is 30.4 Å². The molecule has 42 heavy (non-hydrogen) atoms. The summed E-state index contributed by atoms with van der Waals surface area (Å²) in [5, 5.41) is 15.8. The minimum absolute atomic E-state index is 0.0201. The lowest BCUT2D eigenvalue weighted by atomic mass is 9.66. The first-order valence-electron chi connectivity index (χ1n) is 15.0. The molecular formula is C33H40N4O4S. The van der Waals surface area contributed by atoms with E-state index in [4.69, 9.17) is 0 Å². The molecule has 2 amide bonds. The molecule has 3 fully saturated rings. The molecular weight excluding hydrogens is 548 g/mol. The van der Waals surface area contributed by atoms with Crippen molar-refractivity contribution in [3.63, 3.8) is 0 Å². The second-order valence-corrected chi connectivity index (χ2v) is 13.5. The molecule has 6 rings (SSSR count). The monoisotopic (exact) mass is 588 g/mol. The Kier molecular flexibility index (Phi) is 8.09. The molecule has 8 nitrogen and oxygen atoms in total. The fourth-order valence-corrected chi connectivity index (χ4v) is 8.14. The van der Waals surface area contributed by atoms with Gasteiger partial charge in [-0.1, -0.05) is 73.5 Å². The van der Waals surface area contributed by atoms with Gasteiger partial charge in [0.15, 0.2) is 0 Å². The third-order valence-corrected chi connectivity index (χ3v) is 10.6. The first kappa shape index (κ1) is 28.8. The number of likely N-dealkylation sites (tertiary alicyclic amines) is 1. The number of piperidine rings is 1. The molecule has 3 heterocycles. The zero-order valence-electron chi connectivity index (χ0n) is 24.2. The van der Waals surface area contributed by atoms with Gasteiger partial charge in [-0.3, -0.25) is 9.00 Å². The molecule has 1 spiro atoms. The normalized spacial score (nSPS) is 24.6. The van der Waals surface area contributed by atoms with Crippen molar-refractivity contribution in [3.8, 4) is 11.1 Å². The summed E-state index contributed by atoms with van der Waals surface area (Å²) in [7, 11) is -1.33. The molecule has 1 aliphatic carbocycles. The average Bonchev–Trinajstić information content (AvgIpc) is 3.50. The zero-order chi connectivity index (χ0) is 29.3. The van der Waals surface area contributed by atoms with E-state index in [9.17, 15) is 18.9 Å². The molecule has 9 heteroatoms. The number of nitrogens with zero attached hydrogens (tertiary/aromatic N) is 3. The Balaban J connectivity index is 1.27. The summed E-state index contributed by atoms with van der Waals surface area (Å²) >= 11 is 0. The van der Waals surface area contributed by atoms with Gasteiger partial charge in [0.2, 0.25) is 0 Å². The van der Waals surface area contributed by atoms with Crippen molar-refractivity contribution in [2.24, 2.45) is 5.41 Å². The van der Waals surface area contributed by atoms with E-state index >= 15 is 0 Å². The van der Waals surface area contributed by atoms with Crippen LogP contribution in [0.25, 0.3) is 11.1 Å². The van der Waals surface area contributed by atoms with Crippen LogP contribution in [0.4, 0.5) is 4.79 Å². The number of amides is 2. The van der Waals surface area contributed by atoms with Gasteiger partial charge in [0.25, 0.3) is 5.56 Å². The van der Waals surface area contributed by atoms with Gasteiger partial charge in [-0.25, -0.2) is 4.79 Å². The Morgan fingerprint density at radius 2 is 1.71 bits per heavy atom. The molecule has 2 saturated heterocycles. The van der Waals surface area contributed by atoms with Crippen LogP contribution in [0.15, 0.2) is 82.6 Å². The molecule has 3 atom stereocenters. The molecule has 0 radical (unpaired) electrons. The number of aromatic nitrogens is 1. The Bertz CT molecular complexity index is 1510. The lowest BCUT2D eigenvalue weighted by molar-refractivity contribution is -0.136. The maximum atomic E-state index is 14.0. The second kappa shape index (κ2) is 11.8. The smallest absolute Gasteiger partial charge is 0.320 e. The van der Waals surface area contributed by atoms with Crippen LogP contribution in [-0.4, -0.2) is 74.3 Å². The summed E-state index contributed by atoms with van der Waals surface area (Å²) in [5.41, 5.74) is 0.725. The van der Waals surface area contributed by atoms with E-state index < -0.39 is 21.8 Å².